The Labute approximate surface area is 261 Å². The molecule has 3 N–H and O–H groups in total. The van der Waals surface area contributed by atoms with Crippen molar-refractivity contribution < 1.29 is 96.3 Å². The van der Waals surface area contributed by atoms with E-state index in [1.807, 2.05) is 0 Å². The third kappa shape index (κ3) is 10.7. The zero-order chi connectivity index (χ0) is 29.5. The van der Waals surface area contributed by atoms with Crippen molar-refractivity contribution in [2.24, 2.45) is 0 Å². The van der Waals surface area contributed by atoms with Crippen LogP contribution in [0.4, 0.5) is 0 Å². The van der Waals surface area contributed by atoms with Gasteiger partial charge >= 0.3 is 17.9 Å². The molecular formula is C27H30DyO12. The van der Waals surface area contributed by atoms with Crippen LogP contribution in [0.25, 0.3) is 0 Å². The van der Waals surface area contributed by atoms with E-state index >= 15 is 0 Å². The van der Waals surface area contributed by atoms with Gasteiger partial charge < -0.3 is 43.7 Å². The van der Waals surface area contributed by atoms with Gasteiger partial charge in [0.05, 0.1) is 42.7 Å². The summed E-state index contributed by atoms with van der Waals surface area (Å²) in [5.74, 6) is -0.436. The third-order valence-electron chi connectivity index (χ3n) is 4.92. The molecular weight excluding hydrogens is 679 g/mol. The Morgan fingerprint density at radius 2 is 0.675 bits per heavy atom. The Balaban J connectivity index is 0.000000563. The van der Waals surface area contributed by atoms with Crippen molar-refractivity contribution in [3.8, 4) is 34.5 Å². The first-order valence-corrected chi connectivity index (χ1v) is 10.9. The molecule has 220 valence electrons. The van der Waals surface area contributed by atoms with E-state index in [-0.39, 0.29) is 54.9 Å². The van der Waals surface area contributed by atoms with Crippen molar-refractivity contribution in [2.45, 2.75) is 0 Å². The fraction of sp³-hybridized carbons (Fsp3) is 0.222. The summed E-state index contributed by atoms with van der Waals surface area (Å²) >= 11 is 0. The molecule has 3 aromatic carbocycles. The van der Waals surface area contributed by atoms with Crippen LogP contribution < -0.4 is 28.4 Å². The number of methoxy groups -OCH3 is 6. The molecule has 12 nitrogen and oxygen atoms in total. The van der Waals surface area contributed by atoms with Gasteiger partial charge in [-0.15, -0.1) is 0 Å². The van der Waals surface area contributed by atoms with E-state index in [1.54, 1.807) is 18.2 Å². The number of hydrogen-bond acceptors (Lipinski definition) is 9. The van der Waals surface area contributed by atoms with Crippen molar-refractivity contribution >= 4 is 17.9 Å². The minimum Gasteiger partial charge on any atom is -0.497 e. The van der Waals surface area contributed by atoms with Gasteiger partial charge in [0.25, 0.3) is 0 Å². The van der Waals surface area contributed by atoms with Gasteiger partial charge in [-0.2, -0.15) is 0 Å². The number of aromatic carboxylic acids is 3. The number of carboxylic acid groups (broad SMARTS) is 3. The predicted octanol–water partition coefficient (Wildman–Crippen LogP) is 4.21. The van der Waals surface area contributed by atoms with E-state index in [2.05, 4.69) is 0 Å². The van der Waals surface area contributed by atoms with Gasteiger partial charge in [0.15, 0.2) is 0 Å². The Hall–Kier alpha value is -3.86. The topological polar surface area (TPSA) is 167 Å². The molecule has 40 heavy (non-hydrogen) atoms. The normalized spacial score (nSPS) is 9.15. The molecule has 13 heteroatoms. The summed E-state index contributed by atoms with van der Waals surface area (Å²) in [5.41, 5.74) is 0.384. The van der Waals surface area contributed by atoms with Gasteiger partial charge in [-0.05, 0) is 36.4 Å². The van der Waals surface area contributed by atoms with Crippen LogP contribution in [0.2, 0.25) is 0 Å². The molecule has 0 spiro atoms. The minimum atomic E-state index is -1.01. The first-order chi connectivity index (χ1) is 18.6. The van der Waals surface area contributed by atoms with Gasteiger partial charge in [0.2, 0.25) is 0 Å². The Bertz CT molecular complexity index is 1120. The molecule has 0 unspecified atom stereocenters. The van der Waals surface area contributed by atoms with Crippen molar-refractivity contribution in [1.82, 2.24) is 0 Å². The molecule has 0 amide bonds. The zero-order valence-corrected chi connectivity index (χ0v) is 24.6. The molecule has 3 rings (SSSR count). The second-order valence-electron chi connectivity index (χ2n) is 7.11. The van der Waals surface area contributed by atoms with E-state index < -0.39 is 17.9 Å². The van der Waals surface area contributed by atoms with Crippen molar-refractivity contribution in [3.05, 3.63) is 71.3 Å². The van der Waals surface area contributed by atoms with Crippen LogP contribution in [-0.4, -0.2) is 75.9 Å². The van der Waals surface area contributed by atoms with E-state index in [0.29, 0.717) is 34.5 Å². The molecule has 0 saturated heterocycles. The van der Waals surface area contributed by atoms with E-state index in [0.717, 1.165) is 0 Å². The number of hydrogen-bond donors (Lipinski definition) is 3. The van der Waals surface area contributed by atoms with Crippen LogP contribution in [-0.2, 0) is 0 Å². The Kier molecular flexibility index (Phi) is 16.7. The maximum Gasteiger partial charge on any atom is 0.339 e. The van der Waals surface area contributed by atoms with Crippen LogP contribution >= 0.6 is 0 Å². The van der Waals surface area contributed by atoms with Crippen LogP contribution in [0, 0.1) is 38.2 Å². The van der Waals surface area contributed by atoms with E-state index in [1.165, 1.54) is 79.1 Å². The molecule has 0 aliphatic rings. The Morgan fingerprint density at radius 3 is 0.825 bits per heavy atom. The second-order valence-corrected chi connectivity index (χ2v) is 7.11. The number of ether oxygens (including phenoxy) is 6. The van der Waals surface area contributed by atoms with Gasteiger partial charge in [-0.25, -0.2) is 14.4 Å². The summed E-state index contributed by atoms with van der Waals surface area (Å²) in [5, 5.41) is 26.2. The minimum absolute atomic E-state index is 0. The zero-order valence-electron chi connectivity index (χ0n) is 22.5. The third-order valence-corrected chi connectivity index (χ3v) is 4.92. The van der Waals surface area contributed by atoms with Crippen LogP contribution in [0.1, 0.15) is 31.1 Å². The maximum absolute atomic E-state index is 10.7. The number of carboxylic acids is 3. The van der Waals surface area contributed by atoms with Gasteiger partial charge in [-0.1, -0.05) is 0 Å². The van der Waals surface area contributed by atoms with Gasteiger partial charge in [0.1, 0.15) is 51.2 Å². The van der Waals surface area contributed by atoms with Crippen LogP contribution in [0.3, 0.4) is 0 Å². The Morgan fingerprint density at radius 1 is 0.450 bits per heavy atom. The summed E-state index contributed by atoms with van der Waals surface area (Å²) in [6.45, 7) is 0. The molecule has 0 bridgehead atoms. The number of carbonyl (C=O) groups is 3. The van der Waals surface area contributed by atoms with Crippen LogP contribution in [0.15, 0.2) is 54.6 Å². The SMILES string of the molecule is COc1ccc(C(=O)O)c(OC)c1.COc1ccc(C(=O)O)c(OC)c1.COc1ccc(C(=O)O)c(OC)c1.[Dy]. The molecule has 0 heterocycles. The van der Waals surface area contributed by atoms with E-state index in [4.69, 9.17) is 43.7 Å². The monoisotopic (exact) mass is 710 g/mol. The quantitative estimate of drug-likeness (QED) is 0.290. The molecule has 0 radical (unpaired) electrons. The maximum atomic E-state index is 10.7. The van der Waals surface area contributed by atoms with Crippen molar-refractivity contribution in [3.63, 3.8) is 0 Å². The average molecular weight is 709 g/mol. The second kappa shape index (κ2) is 18.4. The summed E-state index contributed by atoms with van der Waals surface area (Å²) in [6.07, 6.45) is 0. The van der Waals surface area contributed by atoms with Crippen molar-refractivity contribution in [1.29, 1.82) is 0 Å². The summed E-state index contributed by atoms with van der Waals surface area (Å²) in [7, 11) is 8.78. The fourth-order valence-corrected chi connectivity index (χ4v) is 2.93. The first kappa shape index (κ1) is 36.1. The number of rotatable bonds is 9. The summed E-state index contributed by atoms with van der Waals surface area (Å²) < 4.78 is 29.4. The molecule has 0 aromatic heterocycles. The van der Waals surface area contributed by atoms with Gasteiger partial charge in [0, 0.05) is 56.4 Å². The van der Waals surface area contributed by atoms with Crippen molar-refractivity contribution in [2.75, 3.05) is 42.7 Å². The number of benzene rings is 3. The molecule has 0 aliphatic carbocycles. The van der Waals surface area contributed by atoms with E-state index in [9.17, 15) is 14.4 Å². The molecule has 0 atom stereocenters. The fourth-order valence-electron chi connectivity index (χ4n) is 2.93. The average Bonchev–Trinajstić information content (AvgIpc) is 2.96. The molecule has 0 saturated carbocycles. The van der Waals surface area contributed by atoms with Gasteiger partial charge in [-0.3, -0.25) is 0 Å². The predicted molar refractivity (Wildman–Crippen MR) is 140 cm³/mol. The molecule has 3 aromatic rings. The largest absolute Gasteiger partial charge is 0.497 e. The standard InChI is InChI=1S/3C9H10O4.Dy/c3*1-12-6-3-4-7(9(10)11)8(5-6)13-2;/h3*3-5H,1-2H3,(H,10,11);. The first-order valence-electron chi connectivity index (χ1n) is 10.9. The smallest absolute Gasteiger partial charge is 0.339 e. The summed E-state index contributed by atoms with van der Waals surface area (Å²) in [6, 6.07) is 13.7. The summed E-state index contributed by atoms with van der Waals surface area (Å²) in [4.78, 5) is 32.0. The molecule has 0 fully saturated rings. The van der Waals surface area contributed by atoms with Crippen LogP contribution in [0.5, 0.6) is 34.5 Å². The molecule has 0 aliphatic heterocycles.